The van der Waals surface area contributed by atoms with Crippen LogP contribution >= 0.6 is 11.6 Å². The van der Waals surface area contributed by atoms with Gasteiger partial charge in [-0.05, 0) is 73.4 Å². The Labute approximate surface area is 259 Å². The van der Waals surface area contributed by atoms with E-state index in [2.05, 4.69) is 39.9 Å². The molecule has 9 heteroatoms. The van der Waals surface area contributed by atoms with E-state index >= 15 is 0 Å². The number of halogens is 2. The van der Waals surface area contributed by atoms with E-state index in [9.17, 15) is 18.8 Å². The third-order valence-corrected chi connectivity index (χ3v) is 9.40. The number of carbonyl (C=O) groups excluding carboxylic acids is 2. The molecule has 2 aromatic rings. The molecule has 0 radical (unpaired) electrons. The van der Waals surface area contributed by atoms with E-state index in [0.29, 0.717) is 29.9 Å². The van der Waals surface area contributed by atoms with Gasteiger partial charge < -0.3 is 15.3 Å². The zero-order chi connectivity index (χ0) is 31.9. The van der Waals surface area contributed by atoms with Gasteiger partial charge in [0.05, 0.1) is 17.5 Å². The molecule has 1 heterocycles. The summed E-state index contributed by atoms with van der Waals surface area (Å²) in [7, 11) is 0. The van der Waals surface area contributed by atoms with E-state index in [1.54, 1.807) is 18.2 Å². The smallest absolute Gasteiger partial charge is 0.305 e. The minimum atomic E-state index is -0.982. The van der Waals surface area contributed by atoms with Crippen LogP contribution in [0.1, 0.15) is 114 Å². The van der Waals surface area contributed by atoms with Crippen molar-refractivity contribution in [2.24, 2.45) is 16.3 Å². The Bertz CT molecular complexity index is 1340. The predicted molar refractivity (Wildman–Crippen MR) is 169 cm³/mol. The Hall–Kier alpha value is -3.26. The first-order valence-electron chi connectivity index (χ1n) is 15.2. The van der Waals surface area contributed by atoms with E-state index < -0.39 is 17.4 Å². The van der Waals surface area contributed by atoms with E-state index in [-0.39, 0.29) is 47.0 Å². The predicted octanol–water partition coefficient (Wildman–Crippen LogP) is 7.82. The Morgan fingerprint density at radius 1 is 1.14 bits per heavy atom. The van der Waals surface area contributed by atoms with Crippen LogP contribution in [0.4, 0.5) is 4.39 Å². The molecule has 0 bridgehead atoms. The van der Waals surface area contributed by atoms with Crippen molar-refractivity contribution in [1.29, 1.82) is 0 Å². The molecule has 234 valence electrons. The number of unbranched alkanes of at least 4 members (excludes halogenated alkanes) is 1. The molecular formula is C34H45ClFN3O4. The second-order valence-electron chi connectivity index (χ2n) is 12.4. The number of carboxylic acids is 1. The molecule has 1 aliphatic rings. The van der Waals surface area contributed by atoms with E-state index in [1.807, 2.05) is 24.0 Å². The summed E-state index contributed by atoms with van der Waals surface area (Å²) in [5.41, 5.74) is 1.32. The van der Waals surface area contributed by atoms with Crippen molar-refractivity contribution >= 4 is 35.1 Å². The highest BCUT2D eigenvalue weighted by atomic mass is 35.5. The maximum Gasteiger partial charge on any atom is 0.305 e. The average Bonchev–Trinajstić information content (AvgIpc) is 3.23. The van der Waals surface area contributed by atoms with Gasteiger partial charge in [-0.3, -0.25) is 19.4 Å². The average molecular weight is 614 g/mol. The molecule has 1 aliphatic heterocycles. The molecule has 0 aromatic heterocycles. The number of carbonyl (C=O) groups is 3. The Morgan fingerprint density at radius 2 is 1.81 bits per heavy atom. The Kier molecular flexibility index (Phi) is 11.5. The summed E-state index contributed by atoms with van der Waals surface area (Å²) >= 11 is 6.11. The summed E-state index contributed by atoms with van der Waals surface area (Å²) in [6.45, 7) is 13.1. The van der Waals surface area contributed by atoms with Crippen LogP contribution in [0.5, 0.6) is 0 Å². The van der Waals surface area contributed by atoms with Crippen molar-refractivity contribution in [2.45, 2.75) is 98.2 Å². The number of amides is 2. The molecule has 7 nitrogen and oxygen atoms in total. The summed E-state index contributed by atoms with van der Waals surface area (Å²) in [6.07, 6.45) is 4.89. The van der Waals surface area contributed by atoms with E-state index in [1.165, 1.54) is 12.1 Å². The lowest BCUT2D eigenvalue weighted by Crippen LogP contribution is -2.47. The number of nitrogens with one attached hydrogen (secondary N) is 1. The molecule has 0 saturated heterocycles. The van der Waals surface area contributed by atoms with Crippen molar-refractivity contribution in [2.75, 3.05) is 6.54 Å². The third kappa shape index (κ3) is 8.22. The minimum Gasteiger partial charge on any atom is -0.481 e. The van der Waals surface area contributed by atoms with Crippen LogP contribution < -0.4 is 5.32 Å². The summed E-state index contributed by atoms with van der Waals surface area (Å²) < 4.78 is 14.0. The number of carboxylic acid groups (broad SMARTS) is 1. The Balaban J connectivity index is 2.01. The number of hydrogen-bond donors (Lipinski definition) is 2. The topological polar surface area (TPSA) is 99.1 Å². The molecule has 0 aliphatic carbocycles. The summed E-state index contributed by atoms with van der Waals surface area (Å²) in [5.74, 6) is -1.74. The van der Waals surface area contributed by atoms with Crippen molar-refractivity contribution in [3.8, 4) is 0 Å². The fraction of sp³-hybridized carbons (Fsp3) is 0.529. The van der Waals surface area contributed by atoms with Crippen LogP contribution in [0.15, 0.2) is 47.5 Å². The van der Waals surface area contributed by atoms with Crippen LogP contribution in [0, 0.1) is 17.2 Å². The fourth-order valence-electron chi connectivity index (χ4n) is 5.47. The normalized spacial score (nSPS) is 18.4. The van der Waals surface area contributed by atoms with Gasteiger partial charge in [-0.25, -0.2) is 4.39 Å². The largest absolute Gasteiger partial charge is 0.481 e. The molecule has 2 amide bonds. The first kappa shape index (κ1) is 34.2. The number of rotatable bonds is 15. The van der Waals surface area contributed by atoms with Gasteiger partial charge in [0.15, 0.2) is 0 Å². The van der Waals surface area contributed by atoms with Crippen molar-refractivity contribution < 1.29 is 23.9 Å². The fourth-order valence-corrected chi connectivity index (χ4v) is 5.65. The standard InChI is InChI=1S/C34H45ClFN3O4/c1-7-9-10-28(23-11-13-24(14-12-23)31(42)37-20-18-29(40)41)39-32(43)30(25-15-16-27(36)26(35)21-25)38-34(39,6)19-17-22(3)33(4,5)8-2/h11-16,21-22,28H,7-10,17-20H2,1-6H3,(H,37,42)(H,40,41)/t22?,28-,34?/m1/s1. The van der Waals surface area contributed by atoms with Gasteiger partial charge in [0.1, 0.15) is 17.2 Å². The van der Waals surface area contributed by atoms with Gasteiger partial charge in [0.2, 0.25) is 0 Å². The second-order valence-corrected chi connectivity index (χ2v) is 12.9. The highest BCUT2D eigenvalue weighted by Gasteiger charge is 2.47. The molecule has 2 N–H and O–H groups in total. The zero-order valence-electron chi connectivity index (χ0n) is 26.2. The molecule has 2 aromatic carbocycles. The third-order valence-electron chi connectivity index (χ3n) is 9.11. The van der Waals surface area contributed by atoms with Crippen LogP contribution in [0.2, 0.25) is 5.02 Å². The zero-order valence-corrected chi connectivity index (χ0v) is 26.9. The number of benzene rings is 2. The Morgan fingerprint density at radius 3 is 2.40 bits per heavy atom. The molecule has 0 spiro atoms. The van der Waals surface area contributed by atoms with E-state index in [4.69, 9.17) is 21.7 Å². The summed E-state index contributed by atoms with van der Waals surface area (Å²) in [6, 6.07) is 11.1. The maximum atomic E-state index is 14.3. The van der Waals surface area contributed by atoms with Gasteiger partial charge in [-0.2, -0.15) is 0 Å². The highest BCUT2D eigenvalue weighted by molar-refractivity contribution is 6.47. The number of nitrogens with zero attached hydrogens (tertiary/aromatic N) is 2. The molecule has 3 atom stereocenters. The minimum absolute atomic E-state index is 0.0381. The first-order valence-corrected chi connectivity index (χ1v) is 15.6. The summed E-state index contributed by atoms with van der Waals surface area (Å²) in [5, 5.41) is 11.4. The summed E-state index contributed by atoms with van der Waals surface area (Å²) in [4.78, 5) is 44.6. The highest BCUT2D eigenvalue weighted by Crippen LogP contribution is 2.43. The van der Waals surface area contributed by atoms with Crippen LogP contribution in [-0.4, -0.2) is 45.7 Å². The first-order chi connectivity index (χ1) is 20.2. The lowest BCUT2D eigenvalue weighted by molar-refractivity contribution is -0.137. The number of aliphatic carboxylic acids is 1. The van der Waals surface area contributed by atoms with Gasteiger partial charge in [-0.1, -0.05) is 77.6 Å². The van der Waals surface area contributed by atoms with Crippen LogP contribution in [-0.2, 0) is 9.59 Å². The number of hydrogen-bond acceptors (Lipinski definition) is 4. The lowest BCUT2D eigenvalue weighted by atomic mass is 9.75. The van der Waals surface area contributed by atoms with Gasteiger partial charge in [0, 0.05) is 17.7 Å². The van der Waals surface area contributed by atoms with Gasteiger partial charge >= 0.3 is 5.97 Å². The van der Waals surface area contributed by atoms with Gasteiger partial charge in [0.25, 0.3) is 11.8 Å². The quantitative estimate of drug-likeness (QED) is 0.214. The second kappa shape index (κ2) is 14.5. The van der Waals surface area contributed by atoms with Crippen molar-refractivity contribution in [3.05, 3.63) is 70.0 Å². The number of aliphatic imine (C=N–C) groups is 1. The van der Waals surface area contributed by atoms with Crippen molar-refractivity contribution in [3.63, 3.8) is 0 Å². The SMILES string of the molecule is CCCC[C@H](c1ccc(C(=O)NCCC(=O)O)cc1)N1C(=O)C(c2ccc(F)c(Cl)c2)=NC1(C)CCC(C)C(C)(C)CC. The molecule has 2 unspecified atom stereocenters. The lowest BCUT2D eigenvalue weighted by Gasteiger charge is -2.41. The monoisotopic (exact) mass is 613 g/mol. The van der Waals surface area contributed by atoms with E-state index in [0.717, 1.165) is 31.2 Å². The molecule has 3 rings (SSSR count). The molecule has 43 heavy (non-hydrogen) atoms. The maximum absolute atomic E-state index is 14.3. The van der Waals surface area contributed by atoms with Gasteiger partial charge in [-0.15, -0.1) is 0 Å². The van der Waals surface area contributed by atoms with Crippen molar-refractivity contribution in [1.82, 2.24) is 10.2 Å². The van der Waals surface area contributed by atoms with Crippen LogP contribution in [0.25, 0.3) is 0 Å². The molecular weight excluding hydrogens is 569 g/mol. The van der Waals surface area contributed by atoms with Crippen LogP contribution in [0.3, 0.4) is 0 Å². The molecule has 0 saturated carbocycles. The molecule has 0 fully saturated rings.